The van der Waals surface area contributed by atoms with Crippen LogP contribution in [0, 0.1) is 0 Å². The molecule has 0 aliphatic carbocycles. The van der Waals surface area contributed by atoms with E-state index in [1.165, 1.54) is 5.69 Å². The number of nitrogens with zero attached hydrogens (tertiary/aromatic N) is 3. The summed E-state index contributed by atoms with van der Waals surface area (Å²) in [7, 11) is 2.04. The summed E-state index contributed by atoms with van der Waals surface area (Å²) in [4.78, 5) is 10.7. The lowest BCUT2D eigenvalue weighted by Crippen LogP contribution is -2.13. The molecule has 0 fully saturated rings. The van der Waals surface area contributed by atoms with Gasteiger partial charge in [-0.3, -0.25) is 0 Å². The van der Waals surface area contributed by atoms with Crippen LogP contribution in [0.2, 0.25) is 0 Å². The monoisotopic (exact) mass is 275 g/mol. The van der Waals surface area contributed by atoms with E-state index in [1.54, 1.807) is 6.20 Å². The molecule has 0 atom stereocenters. The molecule has 0 bridgehead atoms. The number of allylic oxidation sites excluding steroid dienone is 2. The van der Waals surface area contributed by atoms with E-state index in [0.29, 0.717) is 17.1 Å². The van der Waals surface area contributed by atoms with E-state index >= 15 is 0 Å². The van der Waals surface area contributed by atoms with E-state index in [0.717, 1.165) is 11.1 Å². The standard InChI is InChI=1S/C17H13N3O/c1-20-10-8-12(13-5-2-3-6-14(13)20)11-16-19-17-15(21-16)7-4-9-18-17/h2-11H,1H3/b12-11+. The number of para-hydroxylation sites is 1. The van der Waals surface area contributed by atoms with Gasteiger partial charge in [0.05, 0.1) is 0 Å². The maximum absolute atomic E-state index is 5.72. The van der Waals surface area contributed by atoms with Gasteiger partial charge in [-0.25, -0.2) is 4.98 Å². The fourth-order valence-electron chi connectivity index (χ4n) is 2.49. The van der Waals surface area contributed by atoms with Crippen LogP contribution in [0.5, 0.6) is 0 Å². The second-order valence-electron chi connectivity index (χ2n) is 4.92. The highest BCUT2D eigenvalue weighted by atomic mass is 16.3. The fraction of sp³-hybridized carbons (Fsp3) is 0.0588. The molecule has 1 aromatic carbocycles. The Labute approximate surface area is 122 Å². The second kappa shape index (κ2) is 4.59. The van der Waals surface area contributed by atoms with Gasteiger partial charge in [0, 0.05) is 36.8 Å². The molecular formula is C17H13N3O. The lowest BCUT2D eigenvalue weighted by molar-refractivity contribution is 0.589. The van der Waals surface area contributed by atoms with Crippen molar-refractivity contribution in [3.8, 4) is 0 Å². The molecule has 0 spiro atoms. The SMILES string of the molecule is CN1C=C/C(=C\c2nc3ncccc3o2)c2ccccc21. The van der Waals surface area contributed by atoms with Crippen LogP contribution in [0.4, 0.5) is 5.69 Å². The maximum Gasteiger partial charge on any atom is 0.222 e. The topological polar surface area (TPSA) is 42.2 Å². The molecule has 0 unspecified atom stereocenters. The van der Waals surface area contributed by atoms with Crippen LogP contribution >= 0.6 is 0 Å². The molecule has 1 aliphatic heterocycles. The third-order valence-corrected chi connectivity index (χ3v) is 3.53. The Morgan fingerprint density at radius 2 is 2.05 bits per heavy atom. The third kappa shape index (κ3) is 2.01. The van der Waals surface area contributed by atoms with Crippen LogP contribution in [-0.2, 0) is 0 Å². The first-order valence-corrected chi connectivity index (χ1v) is 6.75. The van der Waals surface area contributed by atoms with Crippen molar-refractivity contribution in [1.82, 2.24) is 9.97 Å². The van der Waals surface area contributed by atoms with Gasteiger partial charge >= 0.3 is 0 Å². The first-order chi connectivity index (χ1) is 10.3. The van der Waals surface area contributed by atoms with Gasteiger partial charge in [-0.15, -0.1) is 0 Å². The molecule has 0 radical (unpaired) electrons. The molecule has 0 saturated carbocycles. The van der Waals surface area contributed by atoms with E-state index in [1.807, 2.05) is 43.6 Å². The lowest BCUT2D eigenvalue weighted by atomic mass is 10.00. The Bertz CT molecular complexity index is 843. The smallest absolute Gasteiger partial charge is 0.222 e. The molecule has 3 aromatic rings. The summed E-state index contributed by atoms with van der Waals surface area (Å²) in [6, 6.07) is 12.0. The summed E-state index contributed by atoms with van der Waals surface area (Å²) in [5.74, 6) is 0.572. The number of aromatic nitrogens is 2. The van der Waals surface area contributed by atoms with Crippen LogP contribution in [0.25, 0.3) is 22.9 Å². The zero-order chi connectivity index (χ0) is 14.2. The zero-order valence-electron chi connectivity index (χ0n) is 11.5. The van der Waals surface area contributed by atoms with Crippen molar-refractivity contribution in [2.75, 3.05) is 11.9 Å². The first-order valence-electron chi connectivity index (χ1n) is 6.75. The Morgan fingerprint density at radius 3 is 2.95 bits per heavy atom. The number of oxazole rings is 1. The molecular weight excluding hydrogens is 262 g/mol. The Morgan fingerprint density at radius 1 is 1.14 bits per heavy atom. The molecule has 102 valence electrons. The van der Waals surface area contributed by atoms with Gasteiger partial charge in [0.2, 0.25) is 5.89 Å². The predicted molar refractivity (Wildman–Crippen MR) is 83.7 cm³/mol. The van der Waals surface area contributed by atoms with Crippen molar-refractivity contribution in [3.05, 3.63) is 66.3 Å². The van der Waals surface area contributed by atoms with Crippen LogP contribution in [0.15, 0.2) is 59.3 Å². The van der Waals surface area contributed by atoms with Crippen molar-refractivity contribution in [1.29, 1.82) is 0 Å². The zero-order valence-corrected chi connectivity index (χ0v) is 11.5. The van der Waals surface area contributed by atoms with Crippen molar-refractivity contribution in [2.24, 2.45) is 0 Å². The van der Waals surface area contributed by atoms with Gasteiger partial charge in [-0.2, -0.15) is 4.98 Å². The van der Waals surface area contributed by atoms with E-state index in [-0.39, 0.29) is 0 Å². The van der Waals surface area contributed by atoms with Crippen molar-refractivity contribution < 1.29 is 4.42 Å². The normalized spacial score (nSPS) is 15.7. The lowest BCUT2D eigenvalue weighted by Gasteiger charge is -2.23. The number of anilines is 1. The first kappa shape index (κ1) is 11.9. The fourth-order valence-corrected chi connectivity index (χ4v) is 2.49. The van der Waals surface area contributed by atoms with Gasteiger partial charge in [-0.1, -0.05) is 18.2 Å². The number of hydrogen-bond donors (Lipinski definition) is 0. The molecule has 0 N–H and O–H groups in total. The maximum atomic E-state index is 5.72. The third-order valence-electron chi connectivity index (χ3n) is 3.53. The second-order valence-corrected chi connectivity index (χ2v) is 4.92. The minimum atomic E-state index is 0.572. The summed E-state index contributed by atoms with van der Waals surface area (Å²) in [5, 5.41) is 0. The molecule has 1 aliphatic rings. The largest absolute Gasteiger partial charge is 0.435 e. The van der Waals surface area contributed by atoms with Gasteiger partial charge in [0.25, 0.3) is 0 Å². The molecule has 4 rings (SSSR count). The van der Waals surface area contributed by atoms with E-state index < -0.39 is 0 Å². The summed E-state index contributed by atoms with van der Waals surface area (Å²) in [6.45, 7) is 0. The van der Waals surface area contributed by atoms with Crippen molar-refractivity contribution in [3.63, 3.8) is 0 Å². The summed E-state index contributed by atoms with van der Waals surface area (Å²) >= 11 is 0. The minimum Gasteiger partial charge on any atom is -0.435 e. The Hall–Kier alpha value is -2.88. The van der Waals surface area contributed by atoms with Crippen LogP contribution in [0.1, 0.15) is 11.5 Å². The highest BCUT2D eigenvalue weighted by Gasteiger charge is 2.14. The van der Waals surface area contributed by atoms with E-state index in [9.17, 15) is 0 Å². The number of hydrogen-bond acceptors (Lipinski definition) is 4. The van der Waals surface area contributed by atoms with Gasteiger partial charge < -0.3 is 9.32 Å². The Kier molecular flexibility index (Phi) is 2.60. The molecule has 4 heteroatoms. The Balaban J connectivity index is 1.84. The van der Waals surface area contributed by atoms with Crippen molar-refractivity contribution in [2.45, 2.75) is 0 Å². The average molecular weight is 275 g/mol. The minimum absolute atomic E-state index is 0.572. The van der Waals surface area contributed by atoms with E-state index in [4.69, 9.17) is 4.42 Å². The molecule has 0 amide bonds. The number of rotatable bonds is 1. The summed E-state index contributed by atoms with van der Waals surface area (Å²) in [6.07, 6.45) is 7.76. The molecule has 0 saturated heterocycles. The number of fused-ring (bicyclic) bond motifs is 2. The van der Waals surface area contributed by atoms with Gasteiger partial charge in [0.1, 0.15) is 0 Å². The quantitative estimate of drug-likeness (QED) is 0.678. The van der Waals surface area contributed by atoms with Crippen LogP contribution in [0.3, 0.4) is 0 Å². The molecule has 4 nitrogen and oxygen atoms in total. The summed E-state index contributed by atoms with van der Waals surface area (Å²) in [5.41, 5.74) is 4.75. The highest BCUT2D eigenvalue weighted by Crippen LogP contribution is 2.33. The molecule has 2 aromatic heterocycles. The predicted octanol–water partition coefficient (Wildman–Crippen LogP) is 3.73. The van der Waals surface area contributed by atoms with Crippen LogP contribution in [-0.4, -0.2) is 17.0 Å². The molecule has 3 heterocycles. The number of benzene rings is 1. The highest BCUT2D eigenvalue weighted by molar-refractivity contribution is 5.94. The van der Waals surface area contributed by atoms with E-state index in [2.05, 4.69) is 33.1 Å². The van der Waals surface area contributed by atoms with Gasteiger partial charge in [0.15, 0.2) is 11.2 Å². The van der Waals surface area contributed by atoms with Crippen LogP contribution < -0.4 is 4.90 Å². The summed E-state index contributed by atoms with van der Waals surface area (Å²) < 4.78 is 5.72. The number of pyridine rings is 1. The van der Waals surface area contributed by atoms with Gasteiger partial charge in [-0.05, 0) is 29.8 Å². The molecule has 21 heavy (non-hydrogen) atoms. The average Bonchev–Trinajstić information content (AvgIpc) is 2.93. The van der Waals surface area contributed by atoms with Crippen molar-refractivity contribution >= 4 is 28.6 Å².